The molecule has 6 heteroatoms. The summed E-state index contributed by atoms with van der Waals surface area (Å²) in [6.07, 6.45) is 1.51. The highest BCUT2D eigenvalue weighted by atomic mass is 16.5. The Bertz CT molecular complexity index is 766. The van der Waals surface area contributed by atoms with Crippen molar-refractivity contribution >= 4 is 12.1 Å². The zero-order valence-electron chi connectivity index (χ0n) is 13.2. The zero-order chi connectivity index (χ0) is 17.2. The van der Waals surface area contributed by atoms with Gasteiger partial charge in [0.25, 0.3) is 5.91 Å². The molecule has 6 nitrogen and oxygen atoms in total. The number of rotatable bonds is 7. The standard InChI is InChI=1S/C18H17N3O3/c1-2-23-17-10-6-4-8-15(17)12-20-21-18(22)13-24-16-9-5-3-7-14(16)11-19/h3-10,12H,2,13H2,1H3,(H,21,22)/b20-12-. The minimum absolute atomic E-state index is 0.233. The van der Waals surface area contributed by atoms with Crippen LogP contribution >= 0.6 is 0 Å². The smallest absolute Gasteiger partial charge is 0.277 e. The van der Waals surface area contributed by atoms with Crippen LogP contribution in [0.25, 0.3) is 0 Å². The highest BCUT2D eigenvalue weighted by Gasteiger charge is 2.05. The number of nitrogens with one attached hydrogen (secondary N) is 1. The molecule has 0 bridgehead atoms. The van der Waals surface area contributed by atoms with Gasteiger partial charge in [-0.1, -0.05) is 24.3 Å². The van der Waals surface area contributed by atoms with Gasteiger partial charge in [-0.15, -0.1) is 0 Å². The van der Waals surface area contributed by atoms with Crippen molar-refractivity contribution in [1.82, 2.24) is 5.43 Å². The lowest BCUT2D eigenvalue weighted by molar-refractivity contribution is -0.123. The first-order valence-electron chi connectivity index (χ1n) is 7.40. The Labute approximate surface area is 140 Å². The van der Waals surface area contributed by atoms with Crippen molar-refractivity contribution in [1.29, 1.82) is 5.26 Å². The van der Waals surface area contributed by atoms with Gasteiger partial charge in [-0.2, -0.15) is 10.4 Å². The fourth-order valence-electron chi connectivity index (χ4n) is 1.91. The summed E-state index contributed by atoms with van der Waals surface area (Å²) in [5, 5.41) is 12.8. The van der Waals surface area contributed by atoms with Crippen LogP contribution in [0.2, 0.25) is 0 Å². The maximum Gasteiger partial charge on any atom is 0.277 e. The molecular weight excluding hydrogens is 306 g/mol. The number of carbonyl (C=O) groups excluding carboxylic acids is 1. The number of carbonyl (C=O) groups is 1. The van der Waals surface area contributed by atoms with E-state index in [0.717, 1.165) is 5.56 Å². The maximum absolute atomic E-state index is 11.8. The molecule has 0 saturated carbocycles. The lowest BCUT2D eigenvalue weighted by atomic mass is 10.2. The number of benzene rings is 2. The summed E-state index contributed by atoms with van der Waals surface area (Å²) in [7, 11) is 0. The second kappa shape index (κ2) is 8.96. The molecular formula is C18H17N3O3. The Morgan fingerprint density at radius 3 is 2.62 bits per heavy atom. The van der Waals surface area contributed by atoms with Gasteiger partial charge in [-0.3, -0.25) is 4.79 Å². The van der Waals surface area contributed by atoms with Gasteiger partial charge in [-0.25, -0.2) is 5.43 Å². The van der Waals surface area contributed by atoms with Crippen molar-refractivity contribution in [3.63, 3.8) is 0 Å². The van der Waals surface area contributed by atoms with E-state index in [1.165, 1.54) is 6.21 Å². The summed E-state index contributed by atoms with van der Waals surface area (Å²) >= 11 is 0. The molecule has 0 aromatic heterocycles. The number of ether oxygens (including phenoxy) is 2. The van der Waals surface area contributed by atoms with Crippen molar-refractivity contribution < 1.29 is 14.3 Å². The number of nitriles is 1. The molecule has 0 fully saturated rings. The molecule has 0 saturated heterocycles. The van der Waals surface area contributed by atoms with Crippen LogP contribution in [0.1, 0.15) is 18.1 Å². The highest BCUT2D eigenvalue weighted by Crippen LogP contribution is 2.16. The molecule has 1 amide bonds. The lowest BCUT2D eigenvalue weighted by Gasteiger charge is -2.07. The van der Waals surface area contributed by atoms with E-state index >= 15 is 0 Å². The molecule has 122 valence electrons. The van der Waals surface area contributed by atoms with Gasteiger partial charge < -0.3 is 9.47 Å². The summed E-state index contributed by atoms with van der Waals surface area (Å²) in [5.74, 6) is 0.630. The number of amides is 1. The number of hydrazone groups is 1. The molecule has 2 aromatic rings. The SMILES string of the molecule is CCOc1ccccc1/C=N\NC(=O)COc1ccccc1C#N. The van der Waals surface area contributed by atoms with Crippen LogP contribution in [0.4, 0.5) is 0 Å². The van der Waals surface area contributed by atoms with E-state index in [-0.39, 0.29) is 6.61 Å². The van der Waals surface area contributed by atoms with Crippen LogP contribution in [0.3, 0.4) is 0 Å². The van der Waals surface area contributed by atoms with Crippen LogP contribution < -0.4 is 14.9 Å². The van der Waals surface area contributed by atoms with Crippen LogP contribution in [-0.4, -0.2) is 25.3 Å². The Kier molecular flexibility index (Phi) is 6.35. The predicted molar refractivity (Wildman–Crippen MR) is 90.0 cm³/mol. The number of hydrogen-bond donors (Lipinski definition) is 1. The molecule has 24 heavy (non-hydrogen) atoms. The van der Waals surface area contributed by atoms with Gasteiger partial charge in [0, 0.05) is 5.56 Å². The minimum Gasteiger partial charge on any atom is -0.493 e. The molecule has 0 heterocycles. The average molecular weight is 323 g/mol. The lowest BCUT2D eigenvalue weighted by Crippen LogP contribution is -2.24. The molecule has 0 unspecified atom stereocenters. The van der Waals surface area contributed by atoms with E-state index in [4.69, 9.17) is 14.7 Å². The highest BCUT2D eigenvalue weighted by molar-refractivity contribution is 5.85. The second-order valence-corrected chi connectivity index (χ2v) is 4.66. The first-order chi connectivity index (χ1) is 11.7. The van der Waals surface area contributed by atoms with Crippen molar-refractivity contribution in [2.75, 3.05) is 13.2 Å². The molecule has 2 rings (SSSR count). The van der Waals surface area contributed by atoms with E-state index < -0.39 is 5.91 Å². The normalized spacial score (nSPS) is 10.2. The minimum atomic E-state index is -0.423. The van der Waals surface area contributed by atoms with Gasteiger partial charge in [0.2, 0.25) is 0 Å². The first kappa shape index (κ1) is 17.0. The van der Waals surface area contributed by atoms with Crippen molar-refractivity contribution in [3.05, 3.63) is 59.7 Å². The predicted octanol–water partition coefficient (Wildman–Crippen LogP) is 2.49. The number of nitrogens with zero attached hydrogens (tertiary/aromatic N) is 2. The molecule has 0 atom stereocenters. The van der Waals surface area contributed by atoms with Crippen LogP contribution in [0.15, 0.2) is 53.6 Å². The van der Waals surface area contributed by atoms with Gasteiger partial charge in [0.1, 0.15) is 17.6 Å². The van der Waals surface area contributed by atoms with Crippen molar-refractivity contribution in [2.24, 2.45) is 5.10 Å². The van der Waals surface area contributed by atoms with Crippen molar-refractivity contribution in [2.45, 2.75) is 6.92 Å². The Hall–Kier alpha value is -3.33. The van der Waals surface area contributed by atoms with E-state index in [1.54, 1.807) is 24.3 Å². The Morgan fingerprint density at radius 2 is 1.88 bits per heavy atom. The summed E-state index contributed by atoms with van der Waals surface area (Å²) < 4.78 is 10.8. The third kappa shape index (κ3) is 4.85. The van der Waals surface area contributed by atoms with Gasteiger partial charge in [0.15, 0.2) is 6.61 Å². The molecule has 0 aliphatic heterocycles. The Balaban J connectivity index is 1.88. The summed E-state index contributed by atoms with van der Waals surface area (Å²) in [6.45, 7) is 2.21. The molecule has 0 spiro atoms. The fourth-order valence-corrected chi connectivity index (χ4v) is 1.91. The second-order valence-electron chi connectivity index (χ2n) is 4.66. The number of para-hydroxylation sites is 2. The fraction of sp³-hybridized carbons (Fsp3) is 0.167. The molecule has 0 radical (unpaired) electrons. The largest absolute Gasteiger partial charge is 0.493 e. The van der Waals surface area contributed by atoms with Crippen LogP contribution in [-0.2, 0) is 4.79 Å². The molecule has 1 N–H and O–H groups in total. The third-order valence-electron chi connectivity index (χ3n) is 2.98. The quantitative estimate of drug-likeness (QED) is 0.627. The molecule has 2 aromatic carbocycles. The molecule has 0 aliphatic carbocycles. The monoisotopic (exact) mass is 323 g/mol. The zero-order valence-corrected chi connectivity index (χ0v) is 13.2. The van der Waals surface area contributed by atoms with Gasteiger partial charge in [-0.05, 0) is 31.2 Å². The third-order valence-corrected chi connectivity index (χ3v) is 2.98. The van der Waals surface area contributed by atoms with Crippen LogP contribution in [0, 0.1) is 11.3 Å². The summed E-state index contributed by atoms with van der Waals surface area (Å²) in [4.78, 5) is 11.8. The number of hydrogen-bond acceptors (Lipinski definition) is 5. The van der Waals surface area contributed by atoms with E-state index in [1.807, 2.05) is 37.3 Å². The van der Waals surface area contributed by atoms with E-state index in [2.05, 4.69) is 10.5 Å². The first-order valence-corrected chi connectivity index (χ1v) is 7.40. The van der Waals surface area contributed by atoms with Gasteiger partial charge in [0.05, 0.1) is 18.4 Å². The summed E-state index contributed by atoms with van der Waals surface area (Å²) in [5.41, 5.74) is 3.51. The maximum atomic E-state index is 11.8. The van der Waals surface area contributed by atoms with Crippen LogP contribution in [0.5, 0.6) is 11.5 Å². The average Bonchev–Trinajstić information content (AvgIpc) is 2.62. The molecule has 0 aliphatic rings. The Morgan fingerprint density at radius 1 is 1.17 bits per heavy atom. The summed E-state index contributed by atoms with van der Waals surface area (Å²) in [6, 6.07) is 16.1. The van der Waals surface area contributed by atoms with Crippen molar-refractivity contribution in [3.8, 4) is 17.6 Å². The topological polar surface area (TPSA) is 83.7 Å². The van der Waals surface area contributed by atoms with Gasteiger partial charge >= 0.3 is 0 Å². The van der Waals surface area contributed by atoms with E-state index in [9.17, 15) is 4.79 Å². The van der Waals surface area contributed by atoms with E-state index in [0.29, 0.717) is 23.7 Å².